The standard InChI is InChI=1S/C20H21N3O3/c1-15(24)16-7-9-17(10-8-16)21-19(25)20(26)23-13-11-22(12-14-23)18-5-3-2-4-6-18/h2-10H,11-14H2,1H3,(H,21,25). The first-order valence-corrected chi connectivity index (χ1v) is 8.56. The molecular weight excluding hydrogens is 330 g/mol. The molecule has 6 nitrogen and oxygen atoms in total. The second-order valence-electron chi connectivity index (χ2n) is 6.20. The largest absolute Gasteiger partial charge is 0.368 e. The second kappa shape index (κ2) is 7.82. The van der Waals surface area contributed by atoms with Gasteiger partial charge in [-0.05, 0) is 43.3 Å². The van der Waals surface area contributed by atoms with E-state index in [1.807, 2.05) is 30.3 Å². The number of para-hydroxylation sites is 1. The van der Waals surface area contributed by atoms with Crippen molar-refractivity contribution >= 4 is 29.0 Å². The predicted octanol–water partition coefficient (Wildman–Crippen LogP) is 2.18. The van der Waals surface area contributed by atoms with Gasteiger partial charge in [-0.2, -0.15) is 0 Å². The number of nitrogens with zero attached hydrogens (tertiary/aromatic N) is 2. The monoisotopic (exact) mass is 351 g/mol. The van der Waals surface area contributed by atoms with Crippen LogP contribution < -0.4 is 10.2 Å². The van der Waals surface area contributed by atoms with Crippen molar-refractivity contribution in [1.29, 1.82) is 0 Å². The number of rotatable bonds is 3. The van der Waals surface area contributed by atoms with E-state index in [4.69, 9.17) is 0 Å². The van der Waals surface area contributed by atoms with Crippen LogP contribution in [-0.2, 0) is 9.59 Å². The van der Waals surface area contributed by atoms with Crippen LogP contribution in [0.2, 0.25) is 0 Å². The molecule has 0 bridgehead atoms. The maximum atomic E-state index is 12.4. The van der Waals surface area contributed by atoms with Crippen LogP contribution in [-0.4, -0.2) is 48.7 Å². The number of amides is 2. The van der Waals surface area contributed by atoms with E-state index in [1.165, 1.54) is 6.92 Å². The summed E-state index contributed by atoms with van der Waals surface area (Å²) in [6.45, 7) is 3.87. The number of ketones is 1. The molecule has 2 amide bonds. The molecule has 1 fully saturated rings. The minimum atomic E-state index is -0.659. The molecule has 0 unspecified atom stereocenters. The quantitative estimate of drug-likeness (QED) is 0.680. The highest BCUT2D eigenvalue weighted by Gasteiger charge is 2.26. The first-order chi connectivity index (χ1) is 12.5. The lowest BCUT2D eigenvalue weighted by atomic mass is 10.1. The van der Waals surface area contributed by atoms with Crippen LogP contribution in [0.15, 0.2) is 54.6 Å². The van der Waals surface area contributed by atoms with Crippen molar-refractivity contribution in [3.63, 3.8) is 0 Å². The Bertz CT molecular complexity index is 795. The lowest BCUT2D eigenvalue weighted by Crippen LogP contribution is -2.51. The Morgan fingerprint density at radius 2 is 1.46 bits per heavy atom. The molecule has 0 radical (unpaired) electrons. The van der Waals surface area contributed by atoms with E-state index in [2.05, 4.69) is 10.2 Å². The van der Waals surface area contributed by atoms with Gasteiger partial charge >= 0.3 is 11.8 Å². The number of nitrogens with one attached hydrogen (secondary N) is 1. The lowest BCUT2D eigenvalue weighted by Gasteiger charge is -2.35. The van der Waals surface area contributed by atoms with Crippen molar-refractivity contribution in [2.24, 2.45) is 0 Å². The van der Waals surface area contributed by atoms with Crippen LogP contribution in [0.25, 0.3) is 0 Å². The van der Waals surface area contributed by atoms with E-state index in [9.17, 15) is 14.4 Å². The summed E-state index contributed by atoms with van der Waals surface area (Å²) in [5, 5.41) is 2.59. The maximum Gasteiger partial charge on any atom is 0.313 e. The molecule has 3 rings (SSSR count). The molecule has 26 heavy (non-hydrogen) atoms. The third-order valence-electron chi connectivity index (χ3n) is 4.43. The van der Waals surface area contributed by atoms with Crippen LogP contribution in [0.1, 0.15) is 17.3 Å². The van der Waals surface area contributed by atoms with Crippen LogP contribution in [0.3, 0.4) is 0 Å². The van der Waals surface area contributed by atoms with Crippen molar-refractivity contribution in [2.45, 2.75) is 6.92 Å². The lowest BCUT2D eigenvalue weighted by molar-refractivity contribution is -0.143. The van der Waals surface area contributed by atoms with Gasteiger partial charge in [0.05, 0.1) is 0 Å². The van der Waals surface area contributed by atoms with E-state index in [-0.39, 0.29) is 5.78 Å². The van der Waals surface area contributed by atoms with Gasteiger partial charge < -0.3 is 15.1 Å². The molecule has 0 saturated carbocycles. The van der Waals surface area contributed by atoms with Gasteiger partial charge in [0, 0.05) is 43.1 Å². The molecule has 1 N–H and O–H groups in total. The highest BCUT2D eigenvalue weighted by Crippen LogP contribution is 2.16. The fourth-order valence-corrected chi connectivity index (χ4v) is 2.92. The molecule has 0 spiro atoms. The molecule has 1 saturated heterocycles. The molecule has 2 aromatic rings. The second-order valence-corrected chi connectivity index (χ2v) is 6.20. The minimum absolute atomic E-state index is 0.0461. The Labute approximate surface area is 152 Å². The van der Waals surface area contributed by atoms with Crippen molar-refractivity contribution in [3.8, 4) is 0 Å². The Kier molecular flexibility index (Phi) is 5.31. The van der Waals surface area contributed by atoms with Gasteiger partial charge in [-0.1, -0.05) is 18.2 Å². The third-order valence-corrected chi connectivity index (χ3v) is 4.43. The van der Waals surface area contributed by atoms with Gasteiger partial charge in [0.1, 0.15) is 0 Å². The van der Waals surface area contributed by atoms with Gasteiger partial charge in [-0.15, -0.1) is 0 Å². The Morgan fingerprint density at radius 1 is 0.846 bits per heavy atom. The number of carbonyl (C=O) groups excluding carboxylic acids is 3. The first-order valence-electron chi connectivity index (χ1n) is 8.56. The predicted molar refractivity (Wildman–Crippen MR) is 100 cm³/mol. The zero-order valence-corrected chi connectivity index (χ0v) is 14.6. The summed E-state index contributed by atoms with van der Waals surface area (Å²) in [5.74, 6) is -1.24. The average molecular weight is 351 g/mol. The molecule has 2 aromatic carbocycles. The molecule has 134 valence electrons. The highest BCUT2D eigenvalue weighted by atomic mass is 16.2. The molecule has 1 aliphatic rings. The number of anilines is 2. The summed E-state index contributed by atoms with van der Waals surface area (Å²) in [7, 11) is 0. The molecule has 0 atom stereocenters. The fraction of sp³-hybridized carbons (Fsp3) is 0.250. The molecule has 1 heterocycles. The highest BCUT2D eigenvalue weighted by molar-refractivity contribution is 6.39. The van der Waals surface area contributed by atoms with Crippen LogP contribution >= 0.6 is 0 Å². The van der Waals surface area contributed by atoms with Gasteiger partial charge in [-0.25, -0.2) is 0 Å². The van der Waals surface area contributed by atoms with Crippen molar-refractivity contribution < 1.29 is 14.4 Å². The summed E-state index contributed by atoms with van der Waals surface area (Å²) < 4.78 is 0. The van der Waals surface area contributed by atoms with Gasteiger partial charge in [0.2, 0.25) is 0 Å². The molecule has 6 heteroatoms. The summed E-state index contributed by atoms with van der Waals surface area (Å²) in [6.07, 6.45) is 0. The van der Waals surface area contributed by atoms with E-state index in [1.54, 1.807) is 29.2 Å². The smallest absolute Gasteiger partial charge is 0.313 e. The van der Waals surface area contributed by atoms with Crippen molar-refractivity contribution in [2.75, 3.05) is 36.4 Å². The van der Waals surface area contributed by atoms with Crippen molar-refractivity contribution in [1.82, 2.24) is 4.90 Å². The third kappa shape index (κ3) is 4.08. The Hall–Kier alpha value is -3.15. The molecule has 0 aromatic heterocycles. The van der Waals surface area contributed by atoms with E-state index < -0.39 is 11.8 Å². The summed E-state index contributed by atoms with van der Waals surface area (Å²) >= 11 is 0. The van der Waals surface area contributed by atoms with Crippen LogP contribution in [0, 0.1) is 0 Å². The maximum absolute atomic E-state index is 12.4. The Balaban J connectivity index is 1.54. The Morgan fingerprint density at radius 3 is 2.04 bits per heavy atom. The zero-order chi connectivity index (χ0) is 18.5. The SMILES string of the molecule is CC(=O)c1ccc(NC(=O)C(=O)N2CCN(c3ccccc3)CC2)cc1. The van der Waals surface area contributed by atoms with Gasteiger partial charge in [0.25, 0.3) is 0 Å². The minimum Gasteiger partial charge on any atom is -0.368 e. The fourth-order valence-electron chi connectivity index (χ4n) is 2.92. The van der Waals surface area contributed by atoms with Crippen LogP contribution in [0.5, 0.6) is 0 Å². The van der Waals surface area contributed by atoms with Gasteiger partial charge in [0.15, 0.2) is 5.78 Å². The molecule has 1 aliphatic heterocycles. The number of Topliss-reactive ketones (excluding diaryl/α,β-unsaturated/α-hetero) is 1. The average Bonchev–Trinajstić information content (AvgIpc) is 2.68. The van der Waals surface area contributed by atoms with E-state index in [0.29, 0.717) is 37.4 Å². The number of hydrogen-bond donors (Lipinski definition) is 1. The number of piperazine rings is 1. The first kappa shape index (κ1) is 17.7. The van der Waals surface area contributed by atoms with Gasteiger partial charge in [-0.3, -0.25) is 14.4 Å². The zero-order valence-electron chi connectivity index (χ0n) is 14.6. The summed E-state index contributed by atoms with van der Waals surface area (Å²) in [4.78, 5) is 39.6. The van der Waals surface area contributed by atoms with E-state index in [0.717, 1.165) is 5.69 Å². The summed E-state index contributed by atoms with van der Waals surface area (Å²) in [6, 6.07) is 16.5. The van der Waals surface area contributed by atoms with Crippen molar-refractivity contribution in [3.05, 3.63) is 60.2 Å². The normalized spacial score (nSPS) is 14.0. The number of carbonyl (C=O) groups is 3. The van der Waals surface area contributed by atoms with Crippen LogP contribution in [0.4, 0.5) is 11.4 Å². The molecule has 0 aliphatic carbocycles. The summed E-state index contributed by atoms with van der Waals surface area (Å²) in [5.41, 5.74) is 2.18. The topological polar surface area (TPSA) is 69.7 Å². The number of hydrogen-bond acceptors (Lipinski definition) is 4. The van der Waals surface area contributed by atoms with E-state index >= 15 is 0 Å². The number of benzene rings is 2. The molecular formula is C20H21N3O3.